The zero-order valence-electron chi connectivity index (χ0n) is 15.1. The van der Waals surface area contributed by atoms with Gasteiger partial charge in [-0.05, 0) is 42.5 Å². The highest BCUT2D eigenvalue weighted by Crippen LogP contribution is 2.35. The number of halogens is 1. The molecule has 1 aromatic heterocycles. The molecule has 9 heteroatoms. The molecule has 0 aliphatic carbocycles. The van der Waals surface area contributed by atoms with E-state index >= 15 is 0 Å². The number of fused-ring (bicyclic) bond motifs is 3. The van der Waals surface area contributed by atoms with Crippen LogP contribution in [0.3, 0.4) is 0 Å². The lowest BCUT2D eigenvalue weighted by Gasteiger charge is -2.19. The van der Waals surface area contributed by atoms with Gasteiger partial charge in [0.05, 0.1) is 27.3 Å². The SMILES string of the molecule is O=C(Nc1cc(Cl)cc2[nH]cnc12)c1ccc2c(c1)S(=O)(=O)c1ccccc1C2=O. The number of nitrogens with one attached hydrogen (secondary N) is 2. The van der Waals surface area contributed by atoms with Crippen molar-refractivity contribution in [2.45, 2.75) is 9.79 Å². The summed E-state index contributed by atoms with van der Waals surface area (Å²) in [5.41, 5.74) is 1.80. The third kappa shape index (κ3) is 2.72. The molecule has 3 aromatic carbocycles. The number of nitrogens with zero attached hydrogens (tertiary/aromatic N) is 1. The summed E-state index contributed by atoms with van der Waals surface area (Å²) >= 11 is 6.09. The standard InChI is InChI=1S/C21H12ClN3O4S/c22-12-8-15-19(24-10-23-15)16(9-12)25-21(27)11-5-6-14-18(7-11)30(28,29)17-4-2-1-3-13(17)20(14)26/h1-10H,(H,23,24)(H,25,27). The Kier molecular flexibility index (Phi) is 4.02. The van der Waals surface area contributed by atoms with Crippen LogP contribution in [0.15, 0.2) is 70.7 Å². The Morgan fingerprint density at radius 1 is 1.00 bits per heavy atom. The van der Waals surface area contributed by atoms with Crippen LogP contribution >= 0.6 is 11.6 Å². The average Bonchev–Trinajstić information content (AvgIpc) is 3.20. The Balaban J connectivity index is 1.57. The highest BCUT2D eigenvalue weighted by Gasteiger charge is 2.35. The van der Waals surface area contributed by atoms with E-state index in [1.807, 2.05) is 0 Å². The smallest absolute Gasteiger partial charge is 0.255 e. The molecular weight excluding hydrogens is 426 g/mol. The topological polar surface area (TPSA) is 109 Å². The van der Waals surface area contributed by atoms with E-state index in [-0.39, 0.29) is 26.5 Å². The van der Waals surface area contributed by atoms with Crippen molar-refractivity contribution in [3.8, 4) is 0 Å². The molecule has 1 amide bonds. The number of imidazole rings is 1. The number of aromatic amines is 1. The first-order valence-electron chi connectivity index (χ1n) is 8.83. The fourth-order valence-electron chi connectivity index (χ4n) is 3.53. The van der Waals surface area contributed by atoms with Gasteiger partial charge in [-0.3, -0.25) is 9.59 Å². The molecule has 4 aromatic rings. The summed E-state index contributed by atoms with van der Waals surface area (Å²) in [5.74, 6) is -0.943. The molecule has 2 N–H and O–H groups in total. The first kappa shape index (κ1) is 18.5. The Hall–Kier alpha value is -3.49. The minimum Gasteiger partial charge on any atom is -0.344 e. The van der Waals surface area contributed by atoms with E-state index < -0.39 is 21.5 Å². The van der Waals surface area contributed by atoms with Crippen LogP contribution in [0.25, 0.3) is 11.0 Å². The first-order valence-corrected chi connectivity index (χ1v) is 10.7. The second-order valence-electron chi connectivity index (χ2n) is 6.75. The van der Waals surface area contributed by atoms with Gasteiger partial charge in [0.15, 0.2) is 5.78 Å². The predicted molar refractivity (Wildman–Crippen MR) is 111 cm³/mol. The number of sulfone groups is 1. The molecule has 0 atom stereocenters. The maximum atomic E-state index is 13.0. The second-order valence-corrected chi connectivity index (χ2v) is 9.07. The minimum atomic E-state index is -3.93. The van der Waals surface area contributed by atoms with E-state index in [1.54, 1.807) is 24.3 Å². The molecular formula is C21H12ClN3O4S. The van der Waals surface area contributed by atoms with Gasteiger partial charge in [-0.25, -0.2) is 13.4 Å². The van der Waals surface area contributed by atoms with Gasteiger partial charge in [-0.15, -0.1) is 0 Å². The highest BCUT2D eigenvalue weighted by molar-refractivity contribution is 7.91. The van der Waals surface area contributed by atoms with Crippen LogP contribution < -0.4 is 5.32 Å². The number of carbonyl (C=O) groups excluding carboxylic acids is 2. The minimum absolute atomic E-state index is 0.0442. The molecule has 0 bridgehead atoms. The lowest BCUT2D eigenvalue weighted by molar-refractivity contribution is 0.101. The maximum Gasteiger partial charge on any atom is 0.255 e. The van der Waals surface area contributed by atoms with E-state index in [0.29, 0.717) is 21.7 Å². The summed E-state index contributed by atoms with van der Waals surface area (Å²) in [4.78, 5) is 32.4. The molecule has 1 aliphatic rings. The van der Waals surface area contributed by atoms with Crippen molar-refractivity contribution < 1.29 is 18.0 Å². The summed E-state index contributed by atoms with van der Waals surface area (Å²) in [5, 5.41) is 3.11. The molecule has 2 heterocycles. The summed E-state index contributed by atoms with van der Waals surface area (Å²) in [7, 11) is -3.93. The van der Waals surface area contributed by atoms with Gasteiger partial charge in [0, 0.05) is 21.7 Å². The van der Waals surface area contributed by atoms with Gasteiger partial charge in [0.1, 0.15) is 5.52 Å². The van der Waals surface area contributed by atoms with Crippen LogP contribution in [0.5, 0.6) is 0 Å². The van der Waals surface area contributed by atoms with Crippen molar-refractivity contribution in [1.82, 2.24) is 9.97 Å². The lowest BCUT2D eigenvalue weighted by atomic mass is 10.0. The molecule has 148 valence electrons. The van der Waals surface area contributed by atoms with Crippen LogP contribution in [0.4, 0.5) is 5.69 Å². The van der Waals surface area contributed by atoms with Crippen molar-refractivity contribution in [3.63, 3.8) is 0 Å². The van der Waals surface area contributed by atoms with Crippen LogP contribution in [-0.4, -0.2) is 30.1 Å². The van der Waals surface area contributed by atoms with Gasteiger partial charge in [0.25, 0.3) is 5.91 Å². The molecule has 0 saturated carbocycles. The second kappa shape index (κ2) is 6.51. The van der Waals surface area contributed by atoms with Crippen LogP contribution in [0.2, 0.25) is 5.02 Å². The zero-order valence-corrected chi connectivity index (χ0v) is 16.7. The molecule has 30 heavy (non-hydrogen) atoms. The number of hydrogen-bond donors (Lipinski definition) is 2. The Labute approximate surface area is 175 Å². The molecule has 0 spiro atoms. The maximum absolute atomic E-state index is 13.0. The van der Waals surface area contributed by atoms with Crippen LogP contribution in [0.1, 0.15) is 26.3 Å². The Bertz CT molecular complexity index is 1490. The first-order chi connectivity index (χ1) is 14.4. The predicted octanol–water partition coefficient (Wildman–Crippen LogP) is 3.85. The van der Waals surface area contributed by atoms with Gasteiger partial charge in [-0.1, -0.05) is 23.7 Å². The molecule has 1 aliphatic heterocycles. The Morgan fingerprint density at radius 3 is 2.60 bits per heavy atom. The number of amides is 1. The van der Waals surface area contributed by atoms with Gasteiger partial charge in [0.2, 0.25) is 9.84 Å². The number of rotatable bonds is 2. The lowest BCUT2D eigenvalue weighted by Crippen LogP contribution is -2.21. The number of benzene rings is 3. The number of H-pyrrole nitrogens is 1. The van der Waals surface area contributed by atoms with E-state index in [1.165, 1.54) is 36.7 Å². The molecule has 7 nitrogen and oxygen atoms in total. The number of carbonyl (C=O) groups is 2. The Morgan fingerprint density at radius 2 is 1.77 bits per heavy atom. The molecule has 0 fully saturated rings. The highest BCUT2D eigenvalue weighted by atomic mass is 35.5. The number of aromatic nitrogens is 2. The quantitative estimate of drug-likeness (QED) is 0.436. The summed E-state index contributed by atoms with van der Waals surface area (Å²) in [6.07, 6.45) is 1.48. The largest absolute Gasteiger partial charge is 0.344 e. The van der Waals surface area contributed by atoms with Crippen LogP contribution in [-0.2, 0) is 9.84 Å². The normalized spacial score (nSPS) is 14.2. The van der Waals surface area contributed by atoms with Crippen molar-refractivity contribution in [1.29, 1.82) is 0 Å². The molecule has 0 unspecified atom stereocenters. The van der Waals surface area contributed by atoms with Crippen molar-refractivity contribution in [2.75, 3.05) is 5.32 Å². The van der Waals surface area contributed by atoms with E-state index in [4.69, 9.17) is 11.6 Å². The van der Waals surface area contributed by atoms with E-state index in [9.17, 15) is 18.0 Å². The fraction of sp³-hybridized carbons (Fsp3) is 0. The molecule has 0 radical (unpaired) electrons. The third-order valence-corrected chi connectivity index (χ3v) is 7.01. The van der Waals surface area contributed by atoms with Gasteiger partial charge < -0.3 is 10.3 Å². The van der Waals surface area contributed by atoms with Crippen molar-refractivity contribution in [3.05, 3.63) is 82.6 Å². The zero-order chi connectivity index (χ0) is 21.0. The number of ketones is 1. The monoisotopic (exact) mass is 437 g/mol. The van der Waals surface area contributed by atoms with E-state index in [0.717, 1.165) is 0 Å². The van der Waals surface area contributed by atoms with Gasteiger partial charge in [-0.2, -0.15) is 0 Å². The number of hydrogen-bond acceptors (Lipinski definition) is 5. The fourth-order valence-corrected chi connectivity index (χ4v) is 5.43. The molecule has 5 rings (SSSR count). The number of anilines is 1. The van der Waals surface area contributed by atoms with Gasteiger partial charge >= 0.3 is 0 Å². The summed E-state index contributed by atoms with van der Waals surface area (Å²) in [6.45, 7) is 0. The third-order valence-electron chi connectivity index (χ3n) is 4.94. The summed E-state index contributed by atoms with van der Waals surface area (Å²) in [6, 6.07) is 13.3. The van der Waals surface area contributed by atoms with Crippen molar-refractivity contribution >= 4 is 49.8 Å². The summed E-state index contributed by atoms with van der Waals surface area (Å²) < 4.78 is 26.1. The van der Waals surface area contributed by atoms with Crippen LogP contribution in [0, 0.1) is 0 Å². The van der Waals surface area contributed by atoms with E-state index in [2.05, 4.69) is 15.3 Å². The average molecular weight is 438 g/mol. The van der Waals surface area contributed by atoms with Crippen molar-refractivity contribution in [2.24, 2.45) is 0 Å². The molecule has 0 saturated heterocycles.